The Labute approximate surface area is 177 Å². The second kappa shape index (κ2) is 12.3. The smallest absolute Gasteiger partial charge is 0.193 e. The minimum Gasteiger partial charge on any atom is -0.379 e. The van der Waals surface area contributed by atoms with Crippen LogP contribution in [0.15, 0.2) is 17.1 Å². The van der Waals surface area contributed by atoms with Gasteiger partial charge in [-0.15, -0.1) is 35.3 Å². The second-order valence-electron chi connectivity index (χ2n) is 6.27. The molecule has 1 atom stereocenters. The molecule has 5 nitrogen and oxygen atoms in total. The molecule has 0 saturated carbocycles. The largest absolute Gasteiger partial charge is 0.379 e. The molecule has 1 aliphatic rings. The van der Waals surface area contributed by atoms with Gasteiger partial charge in [0.15, 0.2) is 5.96 Å². The van der Waals surface area contributed by atoms with E-state index in [0.29, 0.717) is 5.92 Å². The van der Waals surface area contributed by atoms with Crippen molar-refractivity contribution in [2.45, 2.75) is 20.4 Å². The molecule has 1 aromatic rings. The number of ether oxygens (including phenoxy) is 1. The molecule has 25 heavy (non-hydrogen) atoms. The van der Waals surface area contributed by atoms with Crippen molar-refractivity contribution in [3.63, 3.8) is 0 Å². The summed E-state index contributed by atoms with van der Waals surface area (Å²) in [7, 11) is 2.07. The number of rotatable bonds is 7. The summed E-state index contributed by atoms with van der Waals surface area (Å²) in [4.78, 5) is 10.7. The van der Waals surface area contributed by atoms with Crippen molar-refractivity contribution < 1.29 is 4.74 Å². The van der Waals surface area contributed by atoms with E-state index in [4.69, 9.17) is 21.3 Å². The van der Waals surface area contributed by atoms with Gasteiger partial charge in [-0.2, -0.15) is 0 Å². The number of hydrogen-bond donors (Lipinski definition) is 1. The topological polar surface area (TPSA) is 40.1 Å². The summed E-state index contributed by atoms with van der Waals surface area (Å²) < 4.78 is 6.24. The van der Waals surface area contributed by atoms with Crippen molar-refractivity contribution in [3.8, 4) is 0 Å². The van der Waals surface area contributed by atoms with E-state index >= 15 is 0 Å². The third-order valence-corrected chi connectivity index (χ3v) is 5.16. The molecule has 0 aromatic carbocycles. The molecule has 1 unspecified atom stereocenters. The van der Waals surface area contributed by atoms with Gasteiger partial charge in [-0.1, -0.05) is 18.5 Å². The Morgan fingerprint density at radius 2 is 2.16 bits per heavy atom. The summed E-state index contributed by atoms with van der Waals surface area (Å²) in [5.41, 5.74) is 0. The fourth-order valence-electron chi connectivity index (χ4n) is 2.74. The Morgan fingerprint density at radius 1 is 1.44 bits per heavy atom. The molecule has 8 heteroatoms. The molecule has 2 rings (SSSR count). The van der Waals surface area contributed by atoms with Gasteiger partial charge < -0.3 is 15.0 Å². The first kappa shape index (κ1) is 23.0. The van der Waals surface area contributed by atoms with Crippen LogP contribution in [0.25, 0.3) is 0 Å². The standard InChI is InChI=1S/C17H29ClN4OS.HI/c1-4-19-17(21(3)13-15-5-6-16(18)24-15)20-11-14(2)12-22-7-9-23-10-8-22;/h5-6,14H,4,7-13H2,1-3H3,(H,19,20);1H. The van der Waals surface area contributed by atoms with E-state index in [1.54, 1.807) is 11.3 Å². The van der Waals surface area contributed by atoms with Crippen LogP contribution in [-0.2, 0) is 11.3 Å². The Hall–Kier alpha value is -0.0900. The van der Waals surface area contributed by atoms with E-state index in [1.807, 2.05) is 6.07 Å². The molecule has 144 valence electrons. The maximum Gasteiger partial charge on any atom is 0.193 e. The summed E-state index contributed by atoms with van der Waals surface area (Å²) in [6.45, 7) is 11.7. The highest BCUT2D eigenvalue weighted by atomic mass is 127. The van der Waals surface area contributed by atoms with Crippen LogP contribution in [0.2, 0.25) is 4.34 Å². The van der Waals surface area contributed by atoms with Gasteiger partial charge in [0.2, 0.25) is 0 Å². The van der Waals surface area contributed by atoms with E-state index in [0.717, 1.165) is 62.8 Å². The van der Waals surface area contributed by atoms with Crippen molar-refractivity contribution in [2.75, 3.05) is 53.0 Å². The highest BCUT2D eigenvalue weighted by Crippen LogP contribution is 2.22. The molecule has 1 aromatic heterocycles. The van der Waals surface area contributed by atoms with Crippen LogP contribution in [0, 0.1) is 5.92 Å². The lowest BCUT2D eigenvalue weighted by atomic mass is 10.1. The first-order chi connectivity index (χ1) is 11.6. The molecule has 0 aliphatic carbocycles. The molecular formula is C17H30ClIN4OS. The van der Waals surface area contributed by atoms with Gasteiger partial charge in [0, 0.05) is 44.6 Å². The van der Waals surface area contributed by atoms with Crippen molar-refractivity contribution in [1.82, 2.24) is 15.1 Å². The normalized spacial score (nSPS) is 17.0. The molecule has 1 saturated heterocycles. The molecular weight excluding hydrogens is 471 g/mol. The minimum atomic E-state index is 0. The Balaban J connectivity index is 0.00000312. The minimum absolute atomic E-state index is 0. The predicted octanol–water partition coefficient (Wildman–Crippen LogP) is 3.39. The number of morpholine rings is 1. The fraction of sp³-hybridized carbons (Fsp3) is 0.706. The quantitative estimate of drug-likeness (QED) is 0.354. The number of nitrogens with one attached hydrogen (secondary N) is 1. The number of halogens is 2. The van der Waals surface area contributed by atoms with Crippen LogP contribution >= 0.6 is 46.9 Å². The fourth-order valence-corrected chi connectivity index (χ4v) is 3.88. The SMILES string of the molecule is CCNC(=NCC(C)CN1CCOCC1)N(C)Cc1ccc(Cl)s1.I. The number of guanidine groups is 1. The van der Waals surface area contributed by atoms with Crippen LogP contribution < -0.4 is 5.32 Å². The highest BCUT2D eigenvalue weighted by molar-refractivity contribution is 14.0. The summed E-state index contributed by atoms with van der Waals surface area (Å²) in [6, 6.07) is 4.03. The summed E-state index contributed by atoms with van der Waals surface area (Å²) in [5.74, 6) is 1.48. The van der Waals surface area contributed by atoms with Crippen LogP contribution in [-0.4, -0.2) is 68.7 Å². The zero-order valence-electron chi connectivity index (χ0n) is 15.3. The Kier molecular flexibility index (Phi) is 11.3. The van der Waals surface area contributed by atoms with Crippen LogP contribution in [0.3, 0.4) is 0 Å². The molecule has 0 amide bonds. The maximum atomic E-state index is 6.02. The van der Waals surface area contributed by atoms with Gasteiger partial charge in [0.1, 0.15) is 0 Å². The summed E-state index contributed by atoms with van der Waals surface area (Å²) >= 11 is 7.64. The molecule has 1 aliphatic heterocycles. The van der Waals surface area contributed by atoms with Gasteiger partial charge in [0.05, 0.1) is 24.1 Å². The number of thiophene rings is 1. The lowest BCUT2D eigenvalue weighted by Crippen LogP contribution is -2.40. The zero-order chi connectivity index (χ0) is 17.4. The number of aliphatic imine (C=N–C) groups is 1. The van der Waals surface area contributed by atoms with Gasteiger partial charge in [0.25, 0.3) is 0 Å². The van der Waals surface area contributed by atoms with Crippen LogP contribution in [0.5, 0.6) is 0 Å². The molecule has 0 radical (unpaired) electrons. The lowest BCUT2D eigenvalue weighted by Gasteiger charge is -2.29. The first-order valence-corrected chi connectivity index (χ1v) is 9.81. The van der Waals surface area contributed by atoms with Gasteiger partial charge in [-0.05, 0) is 25.0 Å². The third-order valence-electron chi connectivity index (χ3n) is 3.94. The summed E-state index contributed by atoms with van der Waals surface area (Å²) in [5, 5.41) is 3.38. The van der Waals surface area contributed by atoms with Crippen molar-refractivity contribution in [1.29, 1.82) is 0 Å². The Bertz CT molecular complexity index is 523. The zero-order valence-corrected chi connectivity index (χ0v) is 19.2. The van der Waals surface area contributed by atoms with Crippen LogP contribution in [0.1, 0.15) is 18.7 Å². The monoisotopic (exact) mass is 500 g/mol. The van der Waals surface area contributed by atoms with Crippen molar-refractivity contribution in [2.24, 2.45) is 10.9 Å². The van der Waals surface area contributed by atoms with Gasteiger partial charge in [-0.25, -0.2) is 0 Å². The van der Waals surface area contributed by atoms with E-state index in [9.17, 15) is 0 Å². The number of hydrogen-bond acceptors (Lipinski definition) is 4. The van der Waals surface area contributed by atoms with Crippen molar-refractivity contribution in [3.05, 3.63) is 21.3 Å². The average molecular weight is 501 g/mol. The highest BCUT2D eigenvalue weighted by Gasteiger charge is 2.14. The van der Waals surface area contributed by atoms with E-state index in [-0.39, 0.29) is 24.0 Å². The van der Waals surface area contributed by atoms with Crippen LogP contribution in [0.4, 0.5) is 0 Å². The van der Waals surface area contributed by atoms with E-state index in [1.165, 1.54) is 4.88 Å². The molecule has 0 bridgehead atoms. The average Bonchev–Trinajstić information content (AvgIpc) is 2.97. The van der Waals surface area contributed by atoms with Crippen molar-refractivity contribution >= 4 is 52.9 Å². The molecule has 2 heterocycles. The molecule has 1 N–H and O–H groups in total. The second-order valence-corrected chi connectivity index (χ2v) is 8.07. The van der Waals surface area contributed by atoms with E-state index < -0.39 is 0 Å². The third kappa shape index (κ3) is 8.43. The van der Waals surface area contributed by atoms with Gasteiger partial charge >= 0.3 is 0 Å². The maximum absolute atomic E-state index is 6.02. The first-order valence-electron chi connectivity index (χ1n) is 8.62. The Morgan fingerprint density at radius 3 is 2.76 bits per heavy atom. The van der Waals surface area contributed by atoms with Gasteiger partial charge in [-0.3, -0.25) is 9.89 Å². The lowest BCUT2D eigenvalue weighted by molar-refractivity contribution is 0.0323. The summed E-state index contributed by atoms with van der Waals surface area (Å²) in [6.07, 6.45) is 0. The van der Waals surface area contributed by atoms with E-state index in [2.05, 4.69) is 42.1 Å². The molecule has 1 fully saturated rings. The molecule has 0 spiro atoms. The number of nitrogens with zero attached hydrogens (tertiary/aromatic N) is 3. The predicted molar refractivity (Wildman–Crippen MR) is 119 cm³/mol.